The summed E-state index contributed by atoms with van der Waals surface area (Å²) in [6, 6.07) is 3.69. The summed E-state index contributed by atoms with van der Waals surface area (Å²) in [6.45, 7) is 0. The van der Waals surface area contributed by atoms with Crippen molar-refractivity contribution in [1.29, 1.82) is 0 Å². The van der Waals surface area contributed by atoms with Crippen LogP contribution in [-0.4, -0.2) is 26.1 Å². The normalized spacial score (nSPS) is 10.5. The summed E-state index contributed by atoms with van der Waals surface area (Å²) in [7, 11) is 0. The van der Waals surface area contributed by atoms with E-state index >= 15 is 0 Å². The lowest BCUT2D eigenvalue weighted by Gasteiger charge is -2.09. The van der Waals surface area contributed by atoms with Gasteiger partial charge in [0.1, 0.15) is 12.0 Å². The standard InChI is InChI=1S/C12H9N5OS/c13-11(18)10-9(7-2-4-19-5-7)8(1-3-14-10)12-15-6-16-17-12/h1-6H,(H2,13,18)(H,15,16,17). The number of amides is 1. The summed E-state index contributed by atoms with van der Waals surface area (Å²) in [5, 5.41) is 10.5. The molecule has 0 atom stereocenters. The fourth-order valence-electron chi connectivity index (χ4n) is 1.88. The molecule has 3 rings (SSSR count). The fraction of sp³-hybridized carbons (Fsp3) is 0. The maximum Gasteiger partial charge on any atom is 0.267 e. The Morgan fingerprint density at radius 1 is 1.32 bits per heavy atom. The van der Waals surface area contributed by atoms with Crippen molar-refractivity contribution < 1.29 is 4.79 Å². The van der Waals surface area contributed by atoms with Crippen LogP contribution in [0.3, 0.4) is 0 Å². The van der Waals surface area contributed by atoms with Crippen LogP contribution in [0.5, 0.6) is 0 Å². The largest absolute Gasteiger partial charge is 0.364 e. The molecule has 0 unspecified atom stereocenters. The Morgan fingerprint density at radius 2 is 2.21 bits per heavy atom. The zero-order valence-corrected chi connectivity index (χ0v) is 10.5. The lowest BCUT2D eigenvalue weighted by atomic mass is 10.00. The quantitative estimate of drug-likeness (QED) is 0.757. The van der Waals surface area contributed by atoms with Crippen LogP contribution in [-0.2, 0) is 0 Å². The molecule has 0 radical (unpaired) electrons. The van der Waals surface area contributed by atoms with E-state index in [1.165, 1.54) is 23.9 Å². The van der Waals surface area contributed by atoms with Crippen molar-refractivity contribution in [2.24, 2.45) is 5.73 Å². The van der Waals surface area contributed by atoms with Gasteiger partial charge in [-0.05, 0) is 28.5 Å². The average molecular weight is 271 g/mol. The maximum atomic E-state index is 11.6. The van der Waals surface area contributed by atoms with Crippen LogP contribution >= 0.6 is 11.3 Å². The smallest absolute Gasteiger partial charge is 0.267 e. The second-order valence-corrected chi connectivity index (χ2v) is 4.57. The highest BCUT2D eigenvalue weighted by molar-refractivity contribution is 7.08. The summed E-state index contributed by atoms with van der Waals surface area (Å²) < 4.78 is 0. The Hall–Kier alpha value is -2.54. The molecule has 7 heteroatoms. The highest BCUT2D eigenvalue weighted by Crippen LogP contribution is 2.33. The van der Waals surface area contributed by atoms with Crippen LogP contribution in [0.2, 0.25) is 0 Å². The van der Waals surface area contributed by atoms with E-state index in [0.29, 0.717) is 11.4 Å². The van der Waals surface area contributed by atoms with Gasteiger partial charge in [0.25, 0.3) is 5.91 Å². The predicted octanol–water partition coefficient (Wildman–Crippen LogP) is 1.69. The number of carbonyl (C=O) groups is 1. The Kier molecular flexibility index (Phi) is 2.81. The minimum absolute atomic E-state index is 0.229. The molecule has 0 aliphatic heterocycles. The first-order valence-corrected chi connectivity index (χ1v) is 6.39. The van der Waals surface area contributed by atoms with Gasteiger partial charge in [0.2, 0.25) is 0 Å². The van der Waals surface area contributed by atoms with Gasteiger partial charge < -0.3 is 5.73 Å². The number of rotatable bonds is 3. The molecule has 3 heterocycles. The zero-order chi connectivity index (χ0) is 13.2. The van der Waals surface area contributed by atoms with Crippen molar-refractivity contribution in [3.8, 4) is 22.5 Å². The van der Waals surface area contributed by atoms with Gasteiger partial charge in [0.05, 0.1) is 0 Å². The molecule has 0 bridgehead atoms. The molecule has 0 spiro atoms. The second-order valence-electron chi connectivity index (χ2n) is 3.79. The Morgan fingerprint density at radius 3 is 2.84 bits per heavy atom. The number of primary amides is 1. The lowest BCUT2D eigenvalue weighted by Crippen LogP contribution is -2.15. The number of hydrogen-bond donors (Lipinski definition) is 2. The first kappa shape index (κ1) is 11.5. The number of nitrogens with two attached hydrogens (primary N) is 1. The third-order valence-corrected chi connectivity index (χ3v) is 3.35. The molecule has 0 aliphatic carbocycles. The van der Waals surface area contributed by atoms with Crippen LogP contribution in [0.1, 0.15) is 10.5 Å². The monoisotopic (exact) mass is 271 g/mol. The van der Waals surface area contributed by atoms with Gasteiger partial charge in [-0.25, -0.2) is 4.98 Å². The molecular formula is C12H9N5OS. The van der Waals surface area contributed by atoms with Crippen molar-refractivity contribution in [2.45, 2.75) is 0 Å². The molecule has 19 heavy (non-hydrogen) atoms. The first-order valence-electron chi connectivity index (χ1n) is 5.44. The molecule has 3 N–H and O–H groups in total. The number of aromatic amines is 1. The van der Waals surface area contributed by atoms with Gasteiger partial charge >= 0.3 is 0 Å². The summed E-state index contributed by atoms with van der Waals surface area (Å²) in [4.78, 5) is 19.7. The molecule has 1 amide bonds. The first-order chi connectivity index (χ1) is 9.27. The van der Waals surface area contributed by atoms with Crippen molar-refractivity contribution in [3.05, 3.63) is 41.1 Å². The number of H-pyrrole nitrogens is 1. The maximum absolute atomic E-state index is 11.6. The Labute approximate surface area is 112 Å². The summed E-state index contributed by atoms with van der Waals surface area (Å²) in [5.41, 5.74) is 7.94. The van der Waals surface area contributed by atoms with Gasteiger partial charge in [-0.3, -0.25) is 14.9 Å². The molecule has 0 fully saturated rings. The van der Waals surface area contributed by atoms with E-state index in [2.05, 4.69) is 20.2 Å². The van der Waals surface area contributed by atoms with E-state index < -0.39 is 5.91 Å². The van der Waals surface area contributed by atoms with Crippen molar-refractivity contribution >= 4 is 17.2 Å². The van der Waals surface area contributed by atoms with Crippen LogP contribution in [0.15, 0.2) is 35.4 Å². The zero-order valence-electron chi connectivity index (χ0n) is 9.70. The van der Waals surface area contributed by atoms with E-state index in [1.807, 2.05) is 16.8 Å². The number of hydrogen-bond acceptors (Lipinski definition) is 5. The lowest BCUT2D eigenvalue weighted by molar-refractivity contribution is 0.0996. The second kappa shape index (κ2) is 4.62. The fourth-order valence-corrected chi connectivity index (χ4v) is 2.53. The van der Waals surface area contributed by atoms with Crippen LogP contribution < -0.4 is 5.73 Å². The van der Waals surface area contributed by atoms with Crippen molar-refractivity contribution in [3.63, 3.8) is 0 Å². The molecule has 3 aromatic rings. The number of nitrogens with one attached hydrogen (secondary N) is 1. The van der Waals surface area contributed by atoms with Gasteiger partial charge in [0.15, 0.2) is 5.82 Å². The molecule has 6 nitrogen and oxygen atoms in total. The van der Waals surface area contributed by atoms with Crippen molar-refractivity contribution in [1.82, 2.24) is 20.2 Å². The predicted molar refractivity (Wildman–Crippen MR) is 71.4 cm³/mol. The van der Waals surface area contributed by atoms with Gasteiger partial charge in [-0.1, -0.05) is 0 Å². The molecule has 0 saturated carbocycles. The number of aromatic nitrogens is 4. The Bertz CT molecular complexity index is 706. The van der Waals surface area contributed by atoms with E-state index in [-0.39, 0.29) is 5.69 Å². The number of nitrogens with zero attached hydrogens (tertiary/aromatic N) is 3. The van der Waals surface area contributed by atoms with Gasteiger partial charge in [-0.15, -0.1) is 0 Å². The topological polar surface area (TPSA) is 97.6 Å². The van der Waals surface area contributed by atoms with E-state index in [1.54, 1.807) is 6.07 Å². The van der Waals surface area contributed by atoms with E-state index in [0.717, 1.165) is 11.1 Å². The number of thiophene rings is 1. The van der Waals surface area contributed by atoms with Crippen LogP contribution in [0.4, 0.5) is 0 Å². The SMILES string of the molecule is NC(=O)c1nccc(-c2ncn[nH]2)c1-c1ccsc1. The van der Waals surface area contributed by atoms with Gasteiger partial charge in [-0.2, -0.15) is 16.4 Å². The Balaban J connectivity index is 2.31. The molecule has 0 aromatic carbocycles. The highest BCUT2D eigenvalue weighted by atomic mass is 32.1. The molecule has 0 saturated heterocycles. The van der Waals surface area contributed by atoms with E-state index in [9.17, 15) is 4.79 Å². The number of carbonyl (C=O) groups excluding carboxylic acids is 1. The third kappa shape index (κ3) is 2.00. The molecular weight excluding hydrogens is 262 g/mol. The highest BCUT2D eigenvalue weighted by Gasteiger charge is 2.18. The third-order valence-electron chi connectivity index (χ3n) is 2.66. The van der Waals surface area contributed by atoms with Crippen molar-refractivity contribution in [2.75, 3.05) is 0 Å². The molecule has 0 aliphatic rings. The average Bonchev–Trinajstić information content (AvgIpc) is 3.11. The summed E-state index contributed by atoms with van der Waals surface area (Å²) >= 11 is 1.53. The summed E-state index contributed by atoms with van der Waals surface area (Å²) in [6.07, 6.45) is 2.95. The number of pyridine rings is 1. The molecule has 94 valence electrons. The van der Waals surface area contributed by atoms with Gasteiger partial charge in [0, 0.05) is 17.3 Å². The van der Waals surface area contributed by atoms with E-state index in [4.69, 9.17) is 5.73 Å². The molecule has 3 aromatic heterocycles. The minimum Gasteiger partial charge on any atom is -0.364 e. The minimum atomic E-state index is -0.567. The van der Waals surface area contributed by atoms with Crippen LogP contribution in [0, 0.1) is 0 Å². The summed E-state index contributed by atoms with van der Waals surface area (Å²) in [5.74, 6) is 0.00802. The van der Waals surface area contributed by atoms with Crippen LogP contribution in [0.25, 0.3) is 22.5 Å².